The minimum Gasteiger partial charge on any atom is -0.352 e. The van der Waals surface area contributed by atoms with Crippen molar-refractivity contribution < 1.29 is 9.59 Å². The van der Waals surface area contributed by atoms with E-state index in [1.807, 2.05) is 0 Å². The third-order valence-corrected chi connectivity index (χ3v) is 3.06. The zero-order valence-electron chi connectivity index (χ0n) is 10.2. The highest BCUT2D eigenvalue weighted by atomic mass is 35.5. The van der Waals surface area contributed by atoms with Crippen molar-refractivity contribution in [3.05, 3.63) is 0 Å². The SMILES string of the molecule is CC(=O)NCC(=O)NC1CCCCC1CN.Cl. The first-order chi connectivity index (χ1) is 7.63. The number of amides is 2. The number of rotatable bonds is 4. The van der Waals surface area contributed by atoms with E-state index in [1.165, 1.54) is 13.3 Å². The molecule has 1 aliphatic rings. The van der Waals surface area contributed by atoms with Crippen LogP contribution in [0.1, 0.15) is 32.6 Å². The largest absolute Gasteiger partial charge is 0.352 e. The van der Waals surface area contributed by atoms with Crippen molar-refractivity contribution in [3.63, 3.8) is 0 Å². The predicted molar refractivity (Wildman–Crippen MR) is 68.9 cm³/mol. The van der Waals surface area contributed by atoms with Gasteiger partial charge >= 0.3 is 0 Å². The van der Waals surface area contributed by atoms with E-state index in [1.54, 1.807) is 0 Å². The standard InChI is InChI=1S/C11H21N3O2.ClH/c1-8(15)13-7-11(16)14-10-5-3-2-4-9(10)6-12;/h9-10H,2-7,12H2,1H3,(H,13,15)(H,14,16);1H. The third kappa shape index (κ3) is 5.89. The number of nitrogens with two attached hydrogens (primary N) is 1. The Morgan fingerprint density at radius 2 is 1.94 bits per heavy atom. The smallest absolute Gasteiger partial charge is 0.239 e. The van der Waals surface area contributed by atoms with Crippen LogP contribution in [0.2, 0.25) is 0 Å². The lowest BCUT2D eigenvalue weighted by molar-refractivity contribution is -0.125. The van der Waals surface area contributed by atoms with Gasteiger partial charge in [0.15, 0.2) is 0 Å². The van der Waals surface area contributed by atoms with Crippen LogP contribution in [0.3, 0.4) is 0 Å². The highest BCUT2D eigenvalue weighted by Gasteiger charge is 2.24. The van der Waals surface area contributed by atoms with Gasteiger partial charge in [0.05, 0.1) is 6.54 Å². The molecular formula is C11H22ClN3O2. The summed E-state index contributed by atoms with van der Waals surface area (Å²) in [6, 6.07) is 0.181. The van der Waals surface area contributed by atoms with Gasteiger partial charge < -0.3 is 16.4 Å². The number of carbonyl (C=O) groups excluding carboxylic acids is 2. The van der Waals surface area contributed by atoms with Crippen LogP contribution in [0, 0.1) is 5.92 Å². The van der Waals surface area contributed by atoms with Crippen LogP contribution in [0.15, 0.2) is 0 Å². The molecule has 1 aliphatic carbocycles. The van der Waals surface area contributed by atoms with E-state index in [0.717, 1.165) is 19.3 Å². The fourth-order valence-electron chi connectivity index (χ4n) is 2.14. The molecule has 100 valence electrons. The lowest BCUT2D eigenvalue weighted by Gasteiger charge is -2.31. The Hall–Kier alpha value is -0.810. The van der Waals surface area contributed by atoms with E-state index in [0.29, 0.717) is 12.5 Å². The first kappa shape index (κ1) is 16.2. The topological polar surface area (TPSA) is 84.2 Å². The van der Waals surface area contributed by atoms with E-state index < -0.39 is 0 Å². The molecular weight excluding hydrogens is 242 g/mol. The molecule has 1 fully saturated rings. The second-order valence-electron chi connectivity index (χ2n) is 4.36. The van der Waals surface area contributed by atoms with E-state index >= 15 is 0 Å². The normalized spacial score (nSPS) is 23.4. The monoisotopic (exact) mass is 263 g/mol. The molecule has 0 aromatic rings. The quantitative estimate of drug-likeness (QED) is 0.676. The average molecular weight is 264 g/mol. The summed E-state index contributed by atoms with van der Waals surface area (Å²) >= 11 is 0. The molecule has 6 heteroatoms. The van der Waals surface area contributed by atoms with Crippen molar-refractivity contribution in [1.29, 1.82) is 0 Å². The van der Waals surface area contributed by atoms with E-state index in [4.69, 9.17) is 5.73 Å². The first-order valence-corrected chi connectivity index (χ1v) is 5.87. The van der Waals surface area contributed by atoms with Gasteiger partial charge in [-0.25, -0.2) is 0 Å². The number of halogens is 1. The molecule has 4 N–H and O–H groups in total. The maximum Gasteiger partial charge on any atom is 0.239 e. The van der Waals surface area contributed by atoms with Crippen LogP contribution in [0.4, 0.5) is 0 Å². The molecule has 0 aliphatic heterocycles. The Labute approximate surface area is 108 Å². The van der Waals surface area contributed by atoms with E-state index in [9.17, 15) is 9.59 Å². The maximum absolute atomic E-state index is 11.5. The molecule has 0 aromatic carbocycles. The second kappa shape index (κ2) is 8.31. The van der Waals surface area contributed by atoms with Gasteiger partial charge in [0.1, 0.15) is 0 Å². The van der Waals surface area contributed by atoms with Gasteiger partial charge in [0.25, 0.3) is 0 Å². The van der Waals surface area contributed by atoms with Crippen LogP contribution < -0.4 is 16.4 Å². The summed E-state index contributed by atoms with van der Waals surface area (Å²) in [7, 11) is 0. The van der Waals surface area contributed by atoms with Crippen molar-refractivity contribution in [2.24, 2.45) is 11.7 Å². The summed E-state index contributed by atoms with van der Waals surface area (Å²) in [6.45, 7) is 2.07. The molecule has 0 aromatic heterocycles. The molecule has 2 atom stereocenters. The summed E-state index contributed by atoms with van der Waals surface area (Å²) in [4.78, 5) is 22.2. The molecule has 2 amide bonds. The number of nitrogens with one attached hydrogen (secondary N) is 2. The Morgan fingerprint density at radius 1 is 1.29 bits per heavy atom. The maximum atomic E-state index is 11.5. The minimum atomic E-state index is -0.186. The van der Waals surface area contributed by atoms with Crippen molar-refractivity contribution >= 4 is 24.2 Å². The second-order valence-corrected chi connectivity index (χ2v) is 4.36. The summed E-state index contributed by atoms with van der Waals surface area (Å²) in [5.41, 5.74) is 5.67. The highest BCUT2D eigenvalue weighted by molar-refractivity contribution is 5.85. The third-order valence-electron chi connectivity index (χ3n) is 3.06. The zero-order chi connectivity index (χ0) is 12.0. The first-order valence-electron chi connectivity index (χ1n) is 5.87. The summed E-state index contributed by atoms with van der Waals surface area (Å²) in [5, 5.41) is 5.43. The summed E-state index contributed by atoms with van der Waals surface area (Å²) < 4.78 is 0. The molecule has 2 unspecified atom stereocenters. The fourth-order valence-corrected chi connectivity index (χ4v) is 2.14. The van der Waals surface area contributed by atoms with E-state index in [2.05, 4.69) is 10.6 Å². The molecule has 17 heavy (non-hydrogen) atoms. The number of carbonyl (C=O) groups is 2. The van der Waals surface area contributed by atoms with Gasteiger partial charge in [-0.15, -0.1) is 12.4 Å². The zero-order valence-corrected chi connectivity index (χ0v) is 11.0. The highest BCUT2D eigenvalue weighted by Crippen LogP contribution is 2.23. The van der Waals surface area contributed by atoms with Crippen LogP contribution in [-0.4, -0.2) is 30.9 Å². The van der Waals surface area contributed by atoms with Gasteiger partial charge in [-0.2, -0.15) is 0 Å². The summed E-state index contributed by atoms with van der Waals surface area (Å²) in [6.07, 6.45) is 4.41. The van der Waals surface area contributed by atoms with Crippen molar-refractivity contribution in [3.8, 4) is 0 Å². The summed E-state index contributed by atoms with van der Waals surface area (Å²) in [5.74, 6) is 0.0738. The van der Waals surface area contributed by atoms with Crippen molar-refractivity contribution in [2.45, 2.75) is 38.6 Å². The Balaban J connectivity index is 0.00000256. The van der Waals surface area contributed by atoms with Gasteiger partial charge in [0.2, 0.25) is 11.8 Å². The lowest BCUT2D eigenvalue weighted by atomic mass is 9.84. The van der Waals surface area contributed by atoms with Crippen molar-refractivity contribution in [1.82, 2.24) is 10.6 Å². The molecule has 1 saturated carbocycles. The predicted octanol–water partition coefficient (Wildman–Crippen LogP) is 0.178. The van der Waals surface area contributed by atoms with Gasteiger partial charge in [-0.05, 0) is 25.3 Å². The van der Waals surface area contributed by atoms with Gasteiger partial charge in [0, 0.05) is 13.0 Å². The molecule has 1 rings (SSSR count). The Morgan fingerprint density at radius 3 is 2.53 bits per heavy atom. The van der Waals surface area contributed by atoms with Crippen LogP contribution >= 0.6 is 12.4 Å². The lowest BCUT2D eigenvalue weighted by Crippen LogP contribution is -2.47. The van der Waals surface area contributed by atoms with E-state index in [-0.39, 0.29) is 36.8 Å². The fraction of sp³-hybridized carbons (Fsp3) is 0.818. The van der Waals surface area contributed by atoms with Crippen molar-refractivity contribution in [2.75, 3.05) is 13.1 Å². The molecule has 0 bridgehead atoms. The van der Waals surface area contributed by atoms with Gasteiger partial charge in [-0.1, -0.05) is 12.8 Å². The van der Waals surface area contributed by atoms with Crippen LogP contribution in [0.5, 0.6) is 0 Å². The number of hydrogen-bond donors (Lipinski definition) is 3. The molecule has 0 radical (unpaired) electrons. The van der Waals surface area contributed by atoms with Crippen LogP contribution in [0.25, 0.3) is 0 Å². The molecule has 0 spiro atoms. The average Bonchev–Trinajstić information content (AvgIpc) is 2.27. The molecule has 5 nitrogen and oxygen atoms in total. The Kier molecular flexibility index (Phi) is 7.91. The minimum absolute atomic E-state index is 0. The Bertz CT molecular complexity index is 261. The van der Waals surface area contributed by atoms with Gasteiger partial charge in [-0.3, -0.25) is 9.59 Å². The molecule has 0 saturated heterocycles. The number of hydrogen-bond acceptors (Lipinski definition) is 3. The van der Waals surface area contributed by atoms with Crippen LogP contribution in [-0.2, 0) is 9.59 Å². The molecule has 0 heterocycles.